The van der Waals surface area contributed by atoms with Gasteiger partial charge in [0.1, 0.15) is 0 Å². The summed E-state index contributed by atoms with van der Waals surface area (Å²) in [5, 5.41) is 12.9. The zero-order chi connectivity index (χ0) is 11.5. The fraction of sp³-hybridized carbons (Fsp3) is 0.222. The molecule has 16 heavy (non-hydrogen) atoms. The van der Waals surface area contributed by atoms with Crippen LogP contribution in [-0.2, 0) is 11.3 Å². The van der Waals surface area contributed by atoms with Crippen LogP contribution in [0.15, 0.2) is 22.4 Å². The van der Waals surface area contributed by atoms with Gasteiger partial charge in [0, 0.05) is 24.2 Å². The van der Waals surface area contributed by atoms with Crippen LogP contribution >= 0.6 is 11.3 Å². The molecule has 0 aliphatic carbocycles. The molecule has 6 nitrogen and oxygen atoms in total. The topological polar surface area (TPSA) is 83.7 Å². The van der Waals surface area contributed by atoms with E-state index in [1.54, 1.807) is 11.6 Å². The number of hydrogen-bond acceptors (Lipinski definition) is 5. The van der Waals surface area contributed by atoms with Gasteiger partial charge in [-0.3, -0.25) is 14.0 Å². The van der Waals surface area contributed by atoms with Crippen molar-refractivity contribution in [1.82, 2.24) is 14.7 Å². The number of aromatic nitrogens is 2. The number of nitrogens with one attached hydrogen (secondary N) is 1. The van der Waals surface area contributed by atoms with Crippen LogP contribution in [-0.4, -0.2) is 27.0 Å². The van der Waals surface area contributed by atoms with E-state index >= 15 is 0 Å². The van der Waals surface area contributed by atoms with Gasteiger partial charge in [0.15, 0.2) is 4.96 Å². The summed E-state index contributed by atoms with van der Waals surface area (Å²) in [6.07, 6.45) is 1.66. The standard InChI is InChI=1S/C9H9N3O3S/c13-7-3-6(4-10-5-8(14)15)11-9-12(7)1-2-16-9/h1-3,10H,4-5H2,(H,14,15). The molecule has 2 rings (SSSR count). The van der Waals surface area contributed by atoms with Crippen LogP contribution in [0.5, 0.6) is 0 Å². The largest absolute Gasteiger partial charge is 0.480 e. The average molecular weight is 239 g/mol. The minimum atomic E-state index is -0.936. The van der Waals surface area contributed by atoms with E-state index in [0.717, 1.165) is 0 Å². The Morgan fingerprint density at radius 2 is 2.44 bits per heavy atom. The smallest absolute Gasteiger partial charge is 0.317 e. The maximum atomic E-state index is 11.5. The molecule has 2 aromatic heterocycles. The van der Waals surface area contributed by atoms with Crippen molar-refractivity contribution in [1.29, 1.82) is 0 Å². The third-order valence-corrected chi connectivity index (χ3v) is 2.70. The van der Waals surface area contributed by atoms with Crippen molar-refractivity contribution in [3.05, 3.63) is 33.7 Å². The second-order valence-electron chi connectivity index (χ2n) is 3.14. The monoisotopic (exact) mass is 239 g/mol. The van der Waals surface area contributed by atoms with Gasteiger partial charge < -0.3 is 10.4 Å². The Morgan fingerprint density at radius 1 is 1.62 bits per heavy atom. The van der Waals surface area contributed by atoms with E-state index in [-0.39, 0.29) is 18.6 Å². The van der Waals surface area contributed by atoms with Crippen LogP contribution in [0.1, 0.15) is 5.69 Å². The third-order valence-electron chi connectivity index (χ3n) is 1.94. The number of nitrogens with zero attached hydrogens (tertiary/aromatic N) is 2. The van der Waals surface area contributed by atoms with Crippen LogP contribution in [0.25, 0.3) is 4.96 Å². The lowest BCUT2D eigenvalue weighted by molar-refractivity contribution is -0.135. The highest BCUT2D eigenvalue weighted by Gasteiger charge is 2.03. The number of carboxylic acids is 1. The van der Waals surface area contributed by atoms with E-state index in [9.17, 15) is 9.59 Å². The Kier molecular flexibility index (Phi) is 2.97. The van der Waals surface area contributed by atoms with Crippen molar-refractivity contribution >= 4 is 22.3 Å². The highest BCUT2D eigenvalue weighted by atomic mass is 32.1. The van der Waals surface area contributed by atoms with Crippen molar-refractivity contribution in [3.8, 4) is 0 Å². The van der Waals surface area contributed by atoms with Crippen molar-refractivity contribution in [2.24, 2.45) is 0 Å². The Balaban J connectivity index is 2.18. The number of hydrogen-bond donors (Lipinski definition) is 2. The van der Waals surface area contributed by atoms with E-state index in [4.69, 9.17) is 5.11 Å². The van der Waals surface area contributed by atoms with Crippen molar-refractivity contribution in [2.45, 2.75) is 6.54 Å². The molecule has 0 unspecified atom stereocenters. The molecule has 0 saturated heterocycles. The Hall–Kier alpha value is -1.73. The molecule has 2 N–H and O–H groups in total. The van der Waals surface area contributed by atoms with E-state index in [2.05, 4.69) is 10.3 Å². The number of aliphatic carboxylic acids is 1. The van der Waals surface area contributed by atoms with Crippen LogP contribution < -0.4 is 10.9 Å². The zero-order valence-electron chi connectivity index (χ0n) is 8.21. The Labute approximate surface area is 94.2 Å². The van der Waals surface area contributed by atoms with Gasteiger partial charge in [0.05, 0.1) is 12.2 Å². The molecule has 0 fully saturated rings. The summed E-state index contributed by atoms with van der Waals surface area (Å²) < 4.78 is 1.45. The fourth-order valence-corrected chi connectivity index (χ4v) is 2.01. The first-order valence-electron chi connectivity index (χ1n) is 4.55. The van der Waals surface area contributed by atoms with Crippen LogP contribution in [0, 0.1) is 0 Å². The van der Waals surface area contributed by atoms with Crippen molar-refractivity contribution < 1.29 is 9.90 Å². The molecule has 84 valence electrons. The maximum Gasteiger partial charge on any atom is 0.317 e. The molecular weight excluding hydrogens is 230 g/mol. The normalized spacial score (nSPS) is 10.8. The number of fused-ring (bicyclic) bond motifs is 1. The van der Waals surface area contributed by atoms with Gasteiger partial charge in [-0.1, -0.05) is 0 Å². The third kappa shape index (κ3) is 2.26. The van der Waals surface area contributed by atoms with Crippen LogP contribution in [0.2, 0.25) is 0 Å². The summed E-state index contributed by atoms with van der Waals surface area (Å²) in [5.41, 5.74) is 0.395. The molecule has 2 aromatic rings. The second-order valence-corrected chi connectivity index (χ2v) is 4.01. The first-order chi connectivity index (χ1) is 7.66. The summed E-state index contributed by atoms with van der Waals surface area (Å²) in [5.74, 6) is -0.936. The van der Waals surface area contributed by atoms with E-state index in [1.807, 2.05) is 0 Å². The van der Waals surface area contributed by atoms with Crippen LogP contribution in [0.3, 0.4) is 0 Å². The Morgan fingerprint density at radius 3 is 3.19 bits per heavy atom. The average Bonchev–Trinajstić information content (AvgIpc) is 2.65. The van der Waals surface area contributed by atoms with Gasteiger partial charge >= 0.3 is 5.97 Å². The molecule has 0 amide bonds. The maximum absolute atomic E-state index is 11.5. The van der Waals surface area contributed by atoms with E-state index < -0.39 is 5.97 Å². The van der Waals surface area contributed by atoms with Gasteiger partial charge in [0.2, 0.25) is 0 Å². The second kappa shape index (κ2) is 4.42. The first-order valence-corrected chi connectivity index (χ1v) is 5.43. The van der Waals surface area contributed by atoms with Crippen molar-refractivity contribution in [2.75, 3.05) is 6.54 Å². The van der Waals surface area contributed by atoms with E-state index in [0.29, 0.717) is 10.7 Å². The number of carboxylic acid groups (broad SMARTS) is 1. The summed E-state index contributed by atoms with van der Waals surface area (Å²) in [6, 6.07) is 1.40. The van der Waals surface area contributed by atoms with Gasteiger partial charge in [-0.25, -0.2) is 4.98 Å². The molecule has 0 radical (unpaired) electrons. The lowest BCUT2D eigenvalue weighted by Gasteiger charge is -2.01. The first kappa shape index (κ1) is 10.8. The molecule has 0 spiro atoms. The molecule has 2 heterocycles. The lowest BCUT2D eigenvalue weighted by Crippen LogP contribution is -2.24. The summed E-state index contributed by atoms with van der Waals surface area (Å²) in [7, 11) is 0. The Bertz CT molecular complexity index is 575. The summed E-state index contributed by atoms with van der Waals surface area (Å²) in [4.78, 5) is 26.7. The molecule has 0 saturated carbocycles. The van der Waals surface area contributed by atoms with Gasteiger partial charge in [-0.05, 0) is 0 Å². The minimum Gasteiger partial charge on any atom is -0.480 e. The SMILES string of the molecule is O=C(O)CNCc1cc(=O)n2ccsc2n1. The summed E-state index contributed by atoms with van der Waals surface area (Å²) >= 11 is 1.36. The van der Waals surface area contributed by atoms with E-state index in [1.165, 1.54) is 21.8 Å². The molecule has 0 atom stereocenters. The predicted molar refractivity (Wildman–Crippen MR) is 58.7 cm³/mol. The number of rotatable bonds is 4. The molecule has 7 heteroatoms. The summed E-state index contributed by atoms with van der Waals surface area (Å²) in [6.45, 7) is 0.126. The van der Waals surface area contributed by atoms with Gasteiger partial charge in [-0.15, -0.1) is 11.3 Å². The van der Waals surface area contributed by atoms with Gasteiger partial charge in [0.25, 0.3) is 5.56 Å². The van der Waals surface area contributed by atoms with Crippen LogP contribution in [0.4, 0.5) is 0 Å². The predicted octanol–water partition coefficient (Wildman–Crippen LogP) is -0.0698. The molecule has 0 bridgehead atoms. The quantitative estimate of drug-likeness (QED) is 0.780. The van der Waals surface area contributed by atoms with Crippen molar-refractivity contribution in [3.63, 3.8) is 0 Å². The molecule has 0 aromatic carbocycles. The molecule has 0 aliphatic rings. The lowest BCUT2D eigenvalue weighted by atomic mass is 10.4. The molecule has 0 aliphatic heterocycles. The molecular formula is C9H9N3O3S. The zero-order valence-corrected chi connectivity index (χ0v) is 9.03. The number of carbonyl (C=O) groups is 1. The highest BCUT2D eigenvalue weighted by Crippen LogP contribution is 2.06. The van der Waals surface area contributed by atoms with Gasteiger partial charge in [-0.2, -0.15) is 0 Å². The fourth-order valence-electron chi connectivity index (χ4n) is 1.28. The highest BCUT2D eigenvalue weighted by molar-refractivity contribution is 7.15. The minimum absolute atomic E-state index is 0.147. The number of thiazole rings is 1.